The van der Waals surface area contributed by atoms with Gasteiger partial charge in [-0.2, -0.15) is 0 Å². The van der Waals surface area contributed by atoms with E-state index in [1.54, 1.807) is 0 Å². The lowest BCUT2D eigenvalue weighted by Crippen LogP contribution is -2.29. The van der Waals surface area contributed by atoms with E-state index in [0.29, 0.717) is 12.0 Å². The van der Waals surface area contributed by atoms with E-state index in [0.717, 1.165) is 31.9 Å². The Bertz CT molecular complexity index is 648. The minimum atomic E-state index is 0.119. The summed E-state index contributed by atoms with van der Waals surface area (Å²) in [7, 11) is 0. The number of ether oxygens (including phenoxy) is 1. The third-order valence-electron chi connectivity index (χ3n) is 5.04. The molecule has 1 saturated carbocycles. The van der Waals surface area contributed by atoms with E-state index in [9.17, 15) is 0 Å². The first kappa shape index (κ1) is 15.7. The Morgan fingerprint density at radius 2 is 2.08 bits per heavy atom. The summed E-state index contributed by atoms with van der Waals surface area (Å²) in [5.41, 5.74) is 1.32. The van der Waals surface area contributed by atoms with Crippen molar-refractivity contribution in [3.8, 4) is 0 Å². The molecule has 1 aliphatic carbocycles. The molecule has 2 aliphatic rings. The molecule has 1 saturated heterocycles. The second-order valence-electron chi connectivity index (χ2n) is 7.03. The summed E-state index contributed by atoms with van der Waals surface area (Å²) in [5, 5.41) is 16.1. The van der Waals surface area contributed by atoms with E-state index in [-0.39, 0.29) is 12.1 Å². The van der Waals surface area contributed by atoms with Crippen LogP contribution in [0.5, 0.6) is 0 Å². The zero-order chi connectivity index (χ0) is 16.4. The lowest BCUT2D eigenvalue weighted by Gasteiger charge is -2.25. The highest BCUT2D eigenvalue weighted by molar-refractivity contribution is 5.19. The van der Waals surface area contributed by atoms with Gasteiger partial charge in [-0.3, -0.25) is 0 Å². The summed E-state index contributed by atoms with van der Waals surface area (Å²) >= 11 is 0. The normalized spacial score (nSPS) is 23.3. The number of hydrogen-bond acceptors (Lipinski definition) is 5. The van der Waals surface area contributed by atoms with Crippen LogP contribution in [0.1, 0.15) is 62.1 Å². The number of hydrogen-bond donors (Lipinski definition) is 1. The van der Waals surface area contributed by atoms with Gasteiger partial charge in [-0.15, -0.1) is 5.10 Å². The van der Waals surface area contributed by atoms with Gasteiger partial charge in [-0.25, -0.2) is 4.68 Å². The fraction of sp³-hybridized carbons (Fsp3) is 0.611. The first-order valence-electron chi connectivity index (χ1n) is 8.97. The molecule has 6 nitrogen and oxygen atoms in total. The van der Waals surface area contributed by atoms with Gasteiger partial charge >= 0.3 is 0 Å². The lowest BCUT2D eigenvalue weighted by atomic mass is 9.93. The van der Waals surface area contributed by atoms with Crippen LogP contribution in [-0.4, -0.2) is 33.4 Å². The number of nitrogens with one attached hydrogen (secondary N) is 1. The molecule has 3 atom stereocenters. The first-order chi connectivity index (χ1) is 11.8. The van der Waals surface area contributed by atoms with Crippen LogP contribution in [0.4, 0.5) is 0 Å². The van der Waals surface area contributed by atoms with Gasteiger partial charge in [0.2, 0.25) is 0 Å². The maximum atomic E-state index is 5.57. The van der Waals surface area contributed by atoms with Crippen LogP contribution < -0.4 is 5.32 Å². The molecular formula is C18H25N5O. The predicted octanol–water partition coefficient (Wildman–Crippen LogP) is 2.83. The monoisotopic (exact) mass is 327 g/mol. The van der Waals surface area contributed by atoms with Gasteiger partial charge in [0, 0.05) is 19.3 Å². The van der Waals surface area contributed by atoms with E-state index in [1.807, 2.05) is 4.68 Å². The van der Waals surface area contributed by atoms with Crippen LogP contribution in [0.3, 0.4) is 0 Å². The number of aromatic nitrogens is 4. The fourth-order valence-corrected chi connectivity index (χ4v) is 3.53. The van der Waals surface area contributed by atoms with Crippen molar-refractivity contribution in [2.75, 3.05) is 13.2 Å². The van der Waals surface area contributed by atoms with Crippen molar-refractivity contribution in [1.82, 2.24) is 25.5 Å². The molecule has 2 heterocycles. The minimum absolute atomic E-state index is 0.119. The van der Waals surface area contributed by atoms with E-state index in [2.05, 4.69) is 58.1 Å². The number of nitrogens with zero attached hydrogens (tertiary/aromatic N) is 4. The number of rotatable bonds is 7. The van der Waals surface area contributed by atoms with Crippen molar-refractivity contribution in [3.05, 3.63) is 41.7 Å². The molecule has 128 valence electrons. The van der Waals surface area contributed by atoms with E-state index < -0.39 is 0 Å². The maximum Gasteiger partial charge on any atom is 0.168 e. The lowest BCUT2D eigenvalue weighted by molar-refractivity contribution is 0.180. The average Bonchev–Trinajstić information content (AvgIpc) is 3.11. The smallest absolute Gasteiger partial charge is 0.168 e. The van der Waals surface area contributed by atoms with Crippen molar-refractivity contribution < 1.29 is 4.74 Å². The summed E-state index contributed by atoms with van der Waals surface area (Å²) in [4.78, 5) is 0. The van der Waals surface area contributed by atoms with Crippen molar-refractivity contribution in [3.63, 3.8) is 0 Å². The average molecular weight is 327 g/mol. The Morgan fingerprint density at radius 3 is 2.79 bits per heavy atom. The van der Waals surface area contributed by atoms with E-state index in [1.165, 1.54) is 18.4 Å². The summed E-state index contributed by atoms with van der Waals surface area (Å²) < 4.78 is 7.56. The van der Waals surface area contributed by atoms with Crippen LogP contribution in [0, 0.1) is 5.92 Å². The molecule has 1 aliphatic heterocycles. The van der Waals surface area contributed by atoms with Crippen LogP contribution in [-0.2, 0) is 4.74 Å². The molecule has 0 amide bonds. The standard InChI is InChI=1S/C18H25N5O/c1-13(18-20-21-22-23(18)16-7-8-16)19-17(11-14-9-10-24-12-14)15-5-3-2-4-6-15/h2-6,13-14,16-17,19H,7-12H2,1H3/t13-,14-,17-/m0/s1. The van der Waals surface area contributed by atoms with Crippen LogP contribution >= 0.6 is 0 Å². The third kappa shape index (κ3) is 3.49. The molecule has 0 spiro atoms. The van der Waals surface area contributed by atoms with Crippen LogP contribution in [0.25, 0.3) is 0 Å². The van der Waals surface area contributed by atoms with Crippen molar-refractivity contribution in [2.24, 2.45) is 5.92 Å². The van der Waals surface area contributed by atoms with E-state index >= 15 is 0 Å². The van der Waals surface area contributed by atoms with Crippen LogP contribution in [0.2, 0.25) is 0 Å². The summed E-state index contributed by atoms with van der Waals surface area (Å²) in [6.45, 7) is 3.92. The zero-order valence-electron chi connectivity index (χ0n) is 14.1. The largest absolute Gasteiger partial charge is 0.381 e. The van der Waals surface area contributed by atoms with Gasteiger partial charge in [0.1, 0.15) is 0 Å². The Labute approximate surface area is 142 Å². The highest BCUT2D eigenvalue weighted by Crippen LogP contribution is 2.36. The molecule has 1 N–H and O–H groups in total. The van der Waals surface area contributed by atoms with Gasteiger partial charge in [0.05, 0.1) is 12.1 Å². The van der Waals surface area contributed by atoms with Gasteiger partial charge in [0.15, 0.2) is 5.82 Å². The van der Waals surface area contributed by atoms with Crippen molar-refractivity contribution in [1.29, 1.82) is 0 Å². The third-order valence-corrected chi connectivity index (χ3v) is 5.04. The van der Waals surface area contributed by atoms with Crippen LogP contribution in [0.15, 0.2) is 30.3 Å². The van der Waals surface area contributed by atoms with Gasteiger partial charge in [0.25, 0.3) is 0 Å². The number of benzene rings is 1. The summed E-state index contributed by atoms with van der Waals surface area (Å²) in [6.07, 6.45) is 4.61. The molecule has 1 aromatic carbocycles. The zero-order valence-corrected chi connectivity index (χ0v) is 14.1. The Balaban J connectivity index is 1.50. The van der Waals surface area contributed by atoms with Gasteiger partial charge in [-0.1, -0.05) is 30.3 Å². The molecule has 0 unspecified atom stereocenters. The van der Waals surface area contributed by atoms with Crippen molar-refractivity contribution >= 4 is 0 Å². The molecule has 4 rings (SSSR count). The molecular weight excluding hydrogens is 302 g/mol. The minimum Gasteiger partial charge on any atom is -0.381 e. The Kier molecular flexibility index (Phi) is 4.58. The summed E-state index contributed by atoms with van der Waals surface area (Å²) in [5.74, 6) is 1.57. The maximum absolute atomic E-state index is 5.57. The molecule has 0 radical (unpaired) electrons. The molecule has 1 aromatic heterocycles. The quantitative estimate of drug-likeness (QED) is 0.847. The predicted molar refractivity (Wildman–Crippen MR) is 90.4 cm³/mol. The fourth-order valence-electron chi connectivity index (χ4n) is 3.53. The molecule has 2 fully saturated rings. The molecule has 6 heteroatoms. The van der Waals surface area contributed by atoms with Crippen molar-refractivity contribution in [2.45, 2.75) is 50.7 Å². The second-order valence-corrected chi connectivity index (χ2v) is 7.03. The Morgan fingerprint density at radius 1 is 1.25 bits per heavy atom. The number of tetrazole rings is 1. The molecule has 24 heavy (non-hydrogen) atoms. The topological polar surface area (TPSA) is 64.9 Å². The first-order valence-corrected chi connectivity index (χ1v) is 8.97. The van der Waals surface area contributed by atoms with E-state index in [4.69, 9.17) is 4.74 Å². The highest BCUT2D eigenvalue weighted by atomic mass is 16.5. The Hall–Kier alpha value is -1.79. The second kappa shape index (κ2) is 6.99. The molecule has 0 bridgehead atoms. The molecule has 2 aromatic rings. The SMILES string of the molecule is C[C@H](N[C@@H](C[C@@H]1CCOC1)c1ccccc1)c1nnnn1C1CC1. The highest BCUT2D eigenvalue weighted by Gasteiger charge is 2.31. The van der Waals surface area contributed by atoms with Gasteiger partial charge in [-0.05, 0) is 54.5 Å². The summed E-state index contributed by atoms with van der Waals surface area (Å²) in [6, 6.07) is 11.6. The van der Waals surface area contributed by atoms with Gasteiger partial charge < -0.3 is 10.1 Å².